The third-order valence-electron chi connectivity index (χ3n) is 4.43. The molecule has 4 nitrogen and oxygen atoms in total. The minimum atomic E-state index is -0.0801. The summed E-state index contributed by atoms with van der Waals surface area (Å²) in [4.78, 5) is 16.4. The topological polar surface area (TPSA) is 44.1 Å². The van der Waals surface area contributed by atoms with Crippen molar-refractivity contribution in [1.82, 2.24) is 9.55 Å². The number of rotatable bonds is 3. The van der Waals surface area contributed by atoms with Gasteiger partial charge in [-0.05, 0) is 26.7 Å². The van der Waals surface area contributed by atoms with Crippen LogP contribution in [0.3, 0.4) is 0 Å². The summed E-state index contributed by atoms with van der Waals surface area (Å²) in [7, 11) is 0. The van der Waals surface area contributed by atoms with Crippen LogP contribution in [0.5, 0.6) is 0 Å². The van der Waals surface area contributed by atoms with Crippen LogP contribution < -0.4 is 0 Å². The van der Waals surface area contributed by atoms with Gasteiger partial charge in [-0.1, -0.05) is 31.0 Å². The van der Waals surface area contributed by atoms with Gasteiger partial charge in [0.15, 0.2) is 5.16 Å². The number of carbonyl (C=O) groups is 1. The van der Waals surface area contributed by atoms with Gasteiger partial charge in [0.1, 0.15) is 5.25 Å². The molecule has 0 aromatic carbocycles. The number of carbonyl (C=O) groups excluding carboxylic acids is 1. The largest absolute Gasteiger partial charge is 0.465 e. The molecule has 1 aromatic rings. The fraction of sp³-hybridized carbons (Fsp3) is 0.733. The molecule has 0 radical (unpaired) electrons. The first-order valence-corrected chi connectivity index (χ1v) is 8.43. The molecule has 0 spiro atoms. The molecule has 0 N–H and O–H groups in total. The van der Waals surface area contributed by atoms with Crippen LogP contribution in [0, 0.1) is 13.8 Å². The maximum atomic E-state index is 11.7. The number of nitrogens with zero attached hydrogens (tertiary/aromatic N) is 2. The number of aryl methyl sites for hydroxylation is 1. The highest BCUT2D eigenvalue weighted by Gasteiger charge is 2.31. The normalized spacial score (nSPS) is 24.1. The molecule has 1 saturated carbocycles. The van der Waals surface area contributed by atoms with E-state index in [1.807, 2.05) is 0 Å². The Hall–Kier alpha value is -0.970. The van der Waals surface area contributed by atoms with Gasteiger partial charge in [-0.25, -0.2) is 4.98 Å². The number of thioether (sulfide) groups is 1. The highest BCUT2D eigenvalue weighted by molar-refractivity contribution is 8.00. The van der Waals surface area contributed by atoms with Gasteiger partial charge < -0.3 is 9.30 Å². The Bertz CT molecular complexity index is 506. The molecule has 0 unspecified atom stereocenters. The van der Waals surface area contributed by atoms with Crippen molar-refractivity contribution in [1.29, 1.82) is 0 Å². The molecule has 1 atom stereocenters. The zero-order valence-electron chi connectivity index (χ0n) is 12.2. The van der Waals surface area contributed by atoms with Crippen LogP contribution in [-0.2, 0) is 9.53 Å². The number of cyclic esters (lactones) is 1. The monoisotopic (exact) mass is 294 g/mol. The highest BCUT2D eigenvalue weighted by Crippen LogP contribution is 2.37. The summed E-state index contributed by atoms with van der Waals surface area (Å²) in [5, 5.41) is 0.939. The Morgan fingerprint density at radius 2 is 1.95 bits per heavy atom. The van der Waals surface area contributed by atoms with Crippen LogP contribution in [0.25, 0.3) is 0 Å². The number of ether oxygens (including phenoxy) is 1. The molecule has 2 heterocycles. The van der Waals surface area contributed by atoms with E-state index in [9.17, 15) is 4.79 Å². The Labute approximate surface area is 124 Å². The first kappa shape index (κ1) is 14.0. The van der Waals surface area contributed by atoms with Gasteiger partial charge in [-0.2, -0.15) is 0 Å². The zero-order chi connectivity index (χ0) is 14.1. The van der Waals surface area contributed by atoms with E-state index >= 15 is 0 Å². The van der Waals surface area contributed by atoms with Crippen molar-refractivity contribution in [3.05, 3.63) is 11.4 Å². The van der Waals surface area contributed by atoms with Crippen LogP contribution in [0.15, 0.2) is 5.16 Å². The summed E-state index contributed by atoms with van der Waals surface area (Å²) in [6.45, 7) is 4.76. The second-order valence-electron chi connectivity index (χ2n) is 5.79. The van der Waals surface area contributed by atoms with E-state index in [-0.39, 0.29) is 11.2 Å². The predicted molar refractivity (Wildman–Crippen MR) is 79.0 cm³/mol. The van der Waals surface area contributed by atoms with E-state index in [4.69, 9.17) is 9.72 Å². The molecule has 1 aromatic heterocycles. The lowest BCUT2D eigenvalue weighted by Crippen LogP contribution is -2.17. The molecule has 0 amide bonds. The summed E-state index contributed by atoms with van der Waals surface area (Å²) < 4.78 is 7.44. The average Bonchev–Trinajstić information content (AvgIpc) is 2.97. The second-order valence-corrected chi connectivity index (χ2v) is 6.96. The van der Waals surface area contributed by atoms with Gasteiger partial charge in [0, 0.05) is 18.2 Å². The lowest BCUT2D eigenvalue weighted by atomic mass is 9.95. The van der Waals surface area contributed by atoms with Crippen molar-refractivity contribution in [2.45, 2.75) is 68.8 Å². The van der Waals surface area contributed by atoms with E-state index < -0.39 is 0 Å². The summed E-state index contributed by atoms with van der Waals surface area (Å²) in [6, 6.07) is 0.560. The predicted octanol–water partition coefficient (Wildman–Crippen LogP) is 3.41. The molecule has 2 fully saturated rings. The van der Waals surface area contributed by atoms with Gasteiger partial charge in [0.2, 0.25) is 0 Å². The SMILES string of the molecule is Cc1nc(S[C@@H]2CCOC2=O)n(C2CCCCC2)c1C. The molecule has 1 aliphatic carbocycles. The van der Waals surface area contributed by atoms with Crippen LogP contribution in [0.2, 0.25) is 0 Å². The molecule has 2 aliphatic rings. The maximum Gasteiger partial charge on any atom is 0.319 e. The lowest BCUT2D eigenvalue weighted by Gasteiger charge is -2.26. The first-order chi connectivity index (χ1) is 9.66. The van der Waals surface area contributed by atoms with Gasteiger partial charge in [-0.15, -0.1) is 0 Å². The van der Waals surface area contributed by atoms with E-state index in [1.54, 1.807) is 11.8 Å². The molecule has 3 rings (SSSR count). The third-order valence-corrected chi connectivity index (χ3v) is 5.64. The van der Waals surface area contributed by atoms with Crippen molar-refractivity contribution in [2.24, 2.45) is 0 Å². The fourth-order valence-electron chi connectivity index (χ4n) is 3.16. The molecule has 1 saturated heterocycles. The molecule has 20 heavy (non-hydrogen) atoms. The number of imidazole rings is 1. The Kier molecular flexibility index (Phi) is 4.06. The molecule has 1 aliphatic heterocycles. The van der Waals surface area contributed by atoms with Gasteiger partial charge in [-0.3, -0.25) is 4.79 Å². The number of aromatic nitrogens is 2. The van der Waals surface area contributed by atoms with E-state index in [2.05, 4.69) is 18.4 Å². The van der Waals surface area contributed by atoms with Crippen molar-refractivity contribution in [3.63, 3.8) is 0 Å². The maximum absolute atomic E-state index is 11.7. The molecule has 5 heteroatoms. The van der Waals surface area contributed by atoms with Crippen molar-refractivity contribution >= 4 is 17.7 Å². The van der Waals surface area contributed by atoms with Crippen molar-refractivity contribution < 1.29 is 9.53 Å². The summed E-state index contributed by atoms with van der Waals surface area (Å²) in [5.41, 5.74) is 2.34. The second kappa shape index (κ2) is 5.80. The van der Waals surface area contributed by atoms with Gasteiger partial charge in [0.05, 0.1) is 12.3 Å². The minimum absolute atomic E-state index is 0.0708. The van der Waals surface area contributed by atoms with Crippen LogP contribution in [0.4, 0.5) is 0 Å². The smallest absolute Gasteiger partial charge is 0.319 e. The minimum Gasteiger partial charge on any atom is -0.465 e. The third kappa shape index (κ3) is 2.60. The van der Waals surface area contributed by atoms with E-state index in [0.717, 1.165) is 17.3 Å². The van der Waals surface area contributed by atoms with Crippen molar-refractivity contribution in [2.75, 3.05) is 6.61 Å². The first-order valence-electron chi connectivity index (χ1n) is 7.55. The average molecular weight is 294 g/mol. The quantitative estimate of drug-likeness (QED) is 0.801. The Balaban J connectivity index is 1.85. The number of hydrogen-bond acceptors (Lipinski definition) is 4. The molecular formula is C15H22N2O2S. The molecule has 110 valence electrons. The van der Waals surface area contributed by atoms with E-state index in [1.165, 1.54) is 37.8 Å². The van der Waals surface area contributed by atoms with Crippen LogP contribution in [0.1, 0.15) is 56.0 Å². The summed E-state index contributed by atoms with van der Waals surface area (Å²) in [5.74, 6) is -0.0801. The van der Waals surface area contributed by atoms with Gasteiger partial charge in [0.25, 0.3) is 0 Å². The Morgan fingerprint density at radius 1 is 1.20 bits per heavy atom. The van der Waals surface area contributed by atoms with Crippen LogP contribution >= 0.6 is 11.8 Å². The summed E-state index contributed by atoms with van der Waals surface area (Å²) >= 11 is 1.59. The molecular weight excluding hydrogens is 272 g/mol. The number of hydrogen-bond donors (Lipinski definition) is 0. The number of esters is 1. The van der Waals surface area contributed by atoms with Crippen LogP contribution in [-0.4, -0.2) is 27.4 Å². The van der Waals surface area contributed by atoms with E-state index in [0.29, 0.717) is 12.6 Å². The fourth-order valence-corrected chi connectivity index (χ4v) is 4.38. The Morgan fingerprint density at radius 3 is 2.60 bits per heavy atom. The zero-order valence-corrected chi connectivity index (χ0v) is 13.0. The standard InChI is InChI=1S/C15H22N2O2S/c1-10-11(2)17(12-6-4-3-5-7-12)15(16-10)20-13-8-9-19-14(13)18/h12-13H,3-9H2,1-2H3/t13-/m1/s1. The lowest BCUT2D eigenvalue weighted by molar-refractivity contribution is -0.137. The van der Waals surface area contributed by atoms with Gasteiger partial charge >= 0.3 is 5.97 Å². The van der Waals surface area contributed by atoms with Crippen molar-refractivity contribution in [3.8, 4) is 0 Å². The highest BCUT2D eigenvalue weighted by atomic mass is 32.2. The molecule has 0 bridgehead atoms. The summed E-state index contributed by atoms with van der Waals surface area (Å²) in [6.07, 6.45) is 7.23.